The molecular weight excluding hydrogens is 370 g/mol. The van der Waals surface area contributed by atoms with Gasteiger partial charge in [0.15, 0.2) is 11.5 Å². The Bertz CT molecular complexity index is 923. The summed E-state index contributed by atoms with van der Waals surface area (Å²) in [6.45, 7) is 0.351. The Morgan fingerprint density at radius 1 is 1.08 bits per heavy atom. The first-order valence-corrected chi connectivity index (χ1v) is 9.15. The standard InChI is InChI=1S/C20H18ClNO3S/c1-24-16-8-4-6-14(19(16)25-2)12-22-20(23)18-10-9-17(26-18)13-5-3-7-15(21)11-13/h3-11H,12H2,1-2H3,(H,22,23). The van der Waals surface area contributed by atoms with Crippen molar-refractivity contribution < 1.29 is 14.3 Å². The van der Waals surface area contributed by atoms with Gasteiger partial charge in [-0.3, -0.25) is 4.79 Å². The summed E-state index contributed by atoms with van der Waals surface area (Å²) in [7, 11) is 3.17. The summed E-state index contributed by atoms with van der Waals surface area (Å²) < 4.78 is 10.7. The molecule has 1 aromatic heterocycles. The van der Waals surface area contributed by atoms with Gasteiger partial charge in [0.25, 0.3) is 5.91 Å². The number of nitrogens with one attached hydrogen (secondary N) is 1. The maximum atomic E-state index is 12.5. The highest BCUT2D eigenvalue weighted by atomic mass is 35.5. The third kappa shape index (κ3) is 4.00. The van der Waals surface area contributed by atoms with Crippen molar-refractivity contribution in [2.24, 2.45) is 0 Å². The Morgan fingerprint density at radius 2 is 1.88 bits per heavy atom. The third-order valence-corrected chi connectivity index (χ3v) is 5.23. The molecule has 0 bridgehead atoms. The van der Waals surface area contributed by atoms with E-state index in [9.17, 15) is 4.79 Å². The molecule has 0 atom stereocenters. The molecule has 6 heteroatoms. The first kappa shape index (κ1) is 18.3. The van der Waals surface area contributed by atoms with E-state index >= 15 is 0 Å². The quantitative estimate of drug-likeness (QED) is 0.646. The lowest BCUT2D eigenvalue weighted by molar-refractivity contribution is 0.0954. The average molecular weight is 388 g/mol. The molecule has 0 saturated carbocycles. The minimum absolute atomic E-state index is 0.131. The summed E-state index contributed by atoms with van der Waals surface area (Å²) in [5, 5.41) is 3.60. The molecule has 2 aromatic carbocycles. The number of amides is 1. The topological polar surface area (TPSA) is 47.6 Å². The van der Waals surface area contributed by atoms with E-state index in [-0.39, 0.29) is 5.91 Å². The van der Waals surface area contributed by atoms with Gasteiger partial charge in [-0.15, -0.1) is 11.3 Å². The van der Waals surface area contributed by atoms with E-state index in [1.807, 2.05) is 54.6 Å². The fraction of sp³-hybridized carbons (Fsp3) is 0.150. The van der Waals surface area contributed by atoms with Gasteiger partial charge >= 0.3 is 0 Å². The normalized spacial score (nSPS) is 10.4. The van der Waals surface area contributed by atoms with Crippen molar-refractivity contribution in [3.8, 4) is 21.9 Å². The molecule has 1 heterocycles. The van der Waals surface area contributed by atoms with E-state index in [4.69, 9.17) is 21.1 Å². The van der Waals surface area contributed by atoms with Crippen molar-refractivity contribution in [2.45, 2.75) is 6.54 Å². The molecule has 0 aliphatic heterocycles. The van der Waals surface area contributed by atoms with Crippen LogP contribution in [0.4, 0.5) is 0 Å². The zero-order valence-electron chi connectivity index (χ0n) is 14.4. The van der Waals surface area contributed by atoms with Gasteiger partial charge in [-0.25, -0.2) is 0 Å². The van der Waals surface area contributed by atoms with Gasteiger partial charge in [0.05, 0.1) is 19.1 Å². The molecule has 3 aromatic rings. The number of carbonyl (C=O) groups is 1. The highest BCUT2D eigenvalue weighted by molar-refractivity contribution is 7.17. The van der Waals surface area contributed by atoms with Crippen LogP contribution < -0.4 is 14.8 Å². The fourth-order valence-corrected chi connectivity index (χ4v) is 3.72. The SMILES string of the molecule is COc1cccc(CNC(=O)c2ccc(-c3cccc(Cl)c3)s2)c1OC. The number of para-hydroxylation sites is 1. The van der Waals surface area contributed by atoms with Crippen LogP contribution in [0.3, 0.4) is 0 Å². The van der Waals surface area contributed by atoms with Gasteiger partial charge in [0, 0.05) is 22.0 Å². The van der Waals surface area contributed by atoms with Gasteiger partial charge in [-0.1, -0.05) is 35.9 Å². The minimum atomic E-state index is -0.131. The second kappa shape index (κ2) is 8.25. The van der Waals surface area contributed by atoms with Crippen LogP contribution in [0.1, 0.15) is 15.2 Å². The number of methoxy groups -OCH3 is 2. The summed E-state index contributed by atoms with van der Waals surface area (Å²) in [4.78, 5) is 14.1. The Kier molecular flexibility index (Phi) is 5.81. The molecule has 0 saturated heterocycles. The molecule has 4 nitrogen and oxygen atoms in total. The van der Waals surface area contributed by atoms with Crippen molar-refractivity contribution in [2.75, 3.05) is 14.2 Å². The summed E-state index contributed by atoms with van der Waals surface area (Å²) in [6.07, 6.45) is 0. The molecule has 1 amide bonds. The first-order chi connectivity index (χ1) is 12.6. The van der Waals surface area contributed by atoms with E-state index in [1.165, 1.54) is 11.3 Å². The molecule has 3 rings (SSSR count). The molecule has 0 radical (unpaired) electrons. The van der Waals surface area contributed by atoms with Gasteiger partial charge in [0.2, 0.25) is 0 Å². The van der Waals surface area contributed by atoms with E-state index in [0.29, 0.717) is 27.9 Å². The minimum Gasteiger partial charge on any atom is -0.493 e. The zero-order chi connectivity index (χ0) is 18.5. The summed E-state index contributed by atoms with van der Waals surface area (Å²) in [5.74, 6) is 1.13. The number of thiophene rings is 1. The molecule has 0 aliphatic carbocycles. The molecular formula is C20H18ClNO3S. The summed E-state index contributed by atoms with van der Waals surface area (Å²) in [6, 6.07) is 16.9. The summed E-state index contributed by atoms with van der Waals surface area (Å²) in [5.41, 5.74) is 1.85. The molecule has 0 aliphatic rings. The van der Waals surface area contributed by atoms with Crippen molar-refractivity contribution >= 4 is 28.8 Å². The number of hydrogen-bond donors (Lipinski definition) is 1. The number of rotatable bonds is 6. The molecule has 0 unspecified atom stereocenters. The average Bonchev–Trinajstić information content (AvgIpc) is 3.16. The maximum absolute atomic E-state index is 12.5. The lowest BCUT2D eigenvalue weighted by Gasteiger charge is -2.12. The second-order valence-corrected chi connectivity index (χ2v) is 7.03. The van der Waals surface area contributed by atoms with Crippen LogP contribution in [-0.4, -0.2) is 20.1 Å². The van der Waals surface area contributed by atoms with Crippen LogP contribution in [0.2, 0.25) is 5.02 Å². The van der Waals surface area contributed by atoms with E-state index in [2.05, 4.69) is 5.32 Å². The Morgan fingerprint density at radius 3 is 2.62 bits per heavy atom. The highest BCUT2D eigenvalue weighted by Gasteiger charge is 2.13. The molecule has 26 heavy (non-hydrogen) atoms. The molecule has 0 spiro atoms. The number of hydrogen-bond acceptors (Lipinski definition) is 4. The van der Waals surface area contributed by atoms with Gasteiger partial charge in [-0.2, -0.15) is 0 Å². The lowest BCUT2D eigenvalue weighted by Crippen LogP contribution is -2.22. The van der Waals surface area contributed by atoms with Crippen molar-refractivity contribution in [1.82, 2.24) is 5.32 Å². The second-order valence-electron chi connectivity index (χ2n) is 5.51. The predicted molar refractivity (Wildman–Crippen MR) is 105 cm³/mol. The van der Waals surface area contributed by atoms with Gasteiger partial charge in [0.1, 0.15) is 0 Å². The third-order valence-electron chi connectivity index (χ3n) is 3.86. The molecule has 0 fully saturated rings. The van der Waals surface area contributed by atoms with Crippen LogP contribution in [0.15, 0.2) is 54.6 Å². The lowest BCUT2D eigenvalue weighted by atomic mass is 10.2. The molecule has 1 N–H and O–H groups in total. The van der Waals surface area contributed by atoms with Gasteiger partial charge < -0.3 is 14.8 Å². The Hall–Kier alpha value is -2.50. The van der Waals surface area contributed by atoms with E-state index < -0.39 is 0 Å². The van der Waals surface area contributed by atoms with Crippen LogP contribution in [0, 0.1) is 0 Å². The van der Waals surface area contributed by atoms with Crippen LogP contribution in [-0.2, 0) is 6.54 Å². The maximum Gasteiger partial charge on any atom is 0.261 e. The predicted octanol–water partition coefficient (Wildman–Crippen LogP) is 5.02. The summed E-state index contributed by atoms with van der Waals surface area (Å²) >= 11 is 7.47. The largest absolute Gasteiger partial charge is 0.493 e. The van der Waals surface area contributed by atoms with Crippen LogP contribution in [0.5, 0.6) is 11.5 Å². The molecule has 134 valence electrons. The van der Waals surface area contributed by atoms with Crippen LogP contribution >= 0.6 is 22.9 Å². The van der Waals surface area contributed by atoms with E-state index in [1.54, 1.807) is 14.2 Å². The Balaban J connectivity index is 1.72. The Labute approximate surface area is 161 Å². The number of benzene rings is 2. The highest BCUT2D eigenvalue weighted by Crippen LogP contribution is 2.31. The number of ether oxygens (including phenoxy) is 2. The smallest absolute Gasteiger partial charge is 0.261 e. The number of halogens is 1. The van der Waals surface area contributed by atoms with Crippen molar-refractivity contribution in [3.05, 3.63) is 70.1 Å². The zero-order valence-corrected chi connectivity index (χ0v) is 16.0. The van der Waals surface area contributed by atoms with E-state index in [0.717, 1.165) is 16.0 Å². The van der Waals surface area contributed by atoms with Gasteiger partial charge in [-0.05, 0) is 35.9 Å². The van der Waals surface area contributed by atoms with Crippen molar-refractivity contribution in [3.63, 3.8) is 0 Å². The first-order valence-electron chi connectivity index (χ1n) is 7.96. The number of carbonyl (C=O) groups excluding carboxylic acids is 1. The monoisotopic (exact) mass is 387 g/mol. The fourth-order valence-electron chi connectivity index (χ4n) is 2.61. The van der Waals surface area contributed by atoms with Crippen molar-refractivity contribution in [1.29, 1.82) is 0 Å². The van der Waals surface area contributed by atoms with Crippen LogP contribution in [0.25, 0.3) is 10.4 Å².